The molecule has 0 spiro atoms. The van der Waals surface area contributed by atoms with Crippen LogP contribution in [0.5, 0.6) is 0 Å². The van der Waals surface area contributed by atoms with Crippen LogP contribution in [-0.2, 0) is 16.0 Å². The fourth-order valence-corrected chi connectivity index (χ4v) is 3.41. The summed E-state index contributed by atoms with van der Waals surface area (Å²) in [6.45, 7) is 7.26. The number of ether oxygens (including phenoxy) is 1. The minimum Gasteiger partial charge on any atom is -0.458 e. The third-order valence-corrected chi connectivity index (χ3v) is 4.72. The van der Waals surface area contributed by atoms with Crippen molar-refractivity contribution < 1.29 is 14.3 Å². The molecule has 0 unspecified atom stereocenters. The van der Waals surface area contributed by atoms with Gasteiger partial charge in [0.05, 0.1) is 5.69 Å². The van der Waals surface area contributed by atoms with Gasteiger partial charge in [-0.2, -0.15) is 0 Å². The molecule has 1 aliphatic heterocycles. The zero-order valence-electron chi connectivity index (χ0n) is 17.9. The summed E-state index contributed by atoms with van der Waals surface area (Å²) in [5, 5.41) is 5.64. The van der Waals surface area contributed by atoms with Gasteiger partial charge in [0.2, 0.25) is 0 Å². The van der Waals surface area contributed by atoms with Gasteiger partial charge < -0.3 is 20.3 Å². The Morgan fingerprint density at radius 1 is 1.10 bits per heavy atom. The number of nitrogens with zero attached hydrogens (tertiary/aromatic N) is 2. The quantitative estimate of drug-likeness (QED) is 0.709. The second kappa shape index (κ2) is 9.61. The number of anilines is 2. The number of esters is 1. The molecule has 1 fully saturated rings. The number of rotatable bonds is 6. The van der Waals surface area contributed by atoms with Crippen molar-refractivity contribution >= 4 is 23.5 Å². The molecule has 160 valence electrons. The normalized spacial score (nSPS) is 14.8. The largest absolute Gasteiger partial charge is 0.458 e. The number of urea groups is 1. The first-order valence-corrected chi connectivity index (χ1v) is 10.4. The van der Waals surface area contributed by atoms with Gasteiger partial charge in [-0.05, 0) is 51.3 Å². The average molecular weight is 411 g/mol. The van der Waals surface area contributed by atoms with Gasteiger partial charge in [0.25, 0.3) is 0 Å². The van der Waals surface area contributed by atoms with Crippen molar-refractivity contribution in [2.24, 2.45) is 0 Å². The standard InChI is InChI=1S/C23H30N4O3/c1-23(2,3)30-21(28)19(16-17-10-5-4-6-11-17)26-22(29)25-18-12-9-13-24-20(18)27-14-7-8-15-27/h4-6,9-13,19H,7-8,14-16H2,1-3H3,(H2,25,26,29)/t19-/m1/s1. The number of nitrogens with one attached hydrogen (secondary N) is 2. The average Bonchev–Trinajstić information content (AvgIpc) is 3.22. The predicted molar refractivity (Wildman–Crippen MR) is 118 cm³/mol. The fraction of sp³-hybridized carbons (Fsp3) is 0.435. The Labute approximate surface area is 177 Å². The Kier molecular flexibility index (Phi) is 6.92. The predicted octanol–water partition coefficient (Wildman–Crippen LogP) is 3.76. The maximum absolute atomic E-state index is 12.8. The van der Waals surface area contributed by atoms with Crippen LogP contribution in [0.2, 0.25) is 0 Å². The fourth-order valence-electron chi connectivity index (χ4n) is 3.41. The lowest BCUT2D eigenvalue weighted by molar-refractivity contribution is -0.157. The minimum atomic E-state index is -0.807. The SMILES string of the molecule is CC(C)(C)OC(=O)[C@@H](Cc1ccccc1)NC(=O)Nc1cccnc1N1CCCC1. The summed E-state index contributed by atoms with van der Waals surface area (Å²) in [4.78, 5) is 32.1. The van der Waals surface area contributed by atoms with Gasteiger partial charge in [-0.25, -0.2) is 14.6 Å². The molecule has 30 heavy (non-hydrogen) atoms. The second-order valence-corrected chi connectivity index (χ2v) is 8.44. The number of hydrogen-bond donors (Lipinski definition) is 2. The number of hydrogen-bond acceptors (Lipinski definition) is 5. The molecule has 2 amide bonds. The number of aromatic nitrogens is 1. The zero-order valence-corrected chi connectivity index (χ0v) is 17.9. The molecular formula is C23H30N4O3. The van der Waals surface area contributed by atoms with Crippen LogP contribution in [-0.4, -0.2) is 41.7 Å². The monoisotopic (exact) mass is 410 g/mol. The van der Waals surface area contributed by atoms with Crippen LogP contribution < -0.4 is 15.5 Å². The van der Waals surface area contributed by atoms with Crippen LogP contribution in [0.3, 0.4) is 0 Å². The van der Waals surface area contributed by atoms with Gasteiger partial charge in [-0.1, -0.05) is 30.3 Å². The van der Waals surface area contributed by atoms with Gasteiger partial charge in [-0.15, -0.1) is 0 Å². The summed E-state index contributed by atoms with van der Waals surface area (Å²) in [5.74, 6) is 0.287. The van der Waals surface area contributed by atoms with E-state index in [-0.39, 0.29) is 0 Å². The lowest BCUT2D eigenvalue weighted by Crippen LogP contribution is -2.47. The summed E-state index contributed by atoms with van der Waals surface area (Å²) in [6.07, 6.45) is 4.28. The maximum Gasteiger partial charge on any atom is 0.329 e. The van der Waals surface area contributed by atoms with Crippen LogP contribution in [0, 0.1) is 0 Å². The maximum atomic E-state index is 12.8. The highest BCUT2D eigenvalue weighted by atomic mass is 16.6. The molecule has 1 atom stereocenters. The molecule has 7 nitrogen and oxygen atoms in total. The van der Waals surface area contributed by atoms with Crippen LogP contribution in [0.1, 0.15) is 39.2 Å². The van der Waals surface area contributed by atoms with Crippen molar-refractivity contribution in [3.8, 4) is 0 Å². The Balaban J connectivity index is 1.72. The van der Waals surface area contributed by atoms with E-state index in [2.05, 4.69) is 20.5 Å². The molecule has 0 aliphatic carbocycles. The van der Waals surface area contributed by atoms with E-state index >= 15 is 0 Å². The first-order chi connectivity index (χ1) is 14.3. The third kappa shape index (κ3) is 6.20. The van der Waals surface area contributed by atoms with E-state index in [1.165, 1.54) is 0 Å². The number of carbonyl (C=O) groups excluding carboxylic acids is 2. The molecule has 0 radical (unpaired) electrons. The van der Waals surface area contributed by atoms with Crippen molar-refractivity contribution in [2.75, 3.05) is 23.3 Å². The molecule has 2 N–H and O–H groups in total. The Bertz CT molecular complexity index is 858. The smallest absolute Gasteiger partial charge is 0.329 e. The van der Waals surface area contributed by atoms with Crippen molar-refractivity contribution in [2.45, 2.75) is 51.7 Å². The van der Waals surface area contributed by atoms with Crippen molar-refractivity contribution in [1.29, 1.82) is 0 Å². The Hall–Kier alpha value is -3.09. The van der Waals surface area contributed by atoms with E-state index in [1.807, 2.05) is 57.2 Å². The van der Waals surface area contributed by atoms with E-state index in [4.69, 9.17) is 4.74 Å². The number of pyridine rings is 1. The first kappa shape index (κ1) is 21.6. The van der Waals surface area contributed by atoms with Gasteiger partial charge in [0.1, 0.15) is 11.6 Å². The lowest BCUT2D eigenvalue weighted by Gasteiger charge is -2.25. The molecule has 1 aliphatic rings. The summed E-state index contributed by atoms with van der Waals surface area (Å²) in [5.41, 5.74) is 0.920. The highest BCUT2D eigenvalue weighted by molar-refractivity contribution is 5.95. The molecule has 1 aromatic carbocycles. The van der Waals surface area contributed by atoms with E-state index < -0.39 is 23.6 Å². The Morgan fingerprint density at radius 3 is 2.47 bits per heavy atom. The van der Waals surface area contributed by atoms with Gasteiger partial charge in [-0.3, -0.25) is 0 Å². The lowest BCUT2D eigenvalue weighted by atomic mass is 10.1. The highest BCUT2D eigenvalue weighted by Gasteiger charge is 2.27. The van der Waals surface area contributed by atoms with E-state index in [0.717, 1.165) is 37.3 Å². The zero-order chi connectivity index (χ0) is 21.6. The van der Waals surface area contributed by atoms with Gasteiger partial charge >= 0.3 is 12.0 Å². The van der Waals surface area contributed by atoms with Crippen LogP contribution in [0.25, 0.3) is 0 Å². The van der Waals surface area contributed by atoms with Crippen LogP contribution >= 0.6 is 0 Å². The second-order valence-electron chi connectivity index (χ2n) is 8.44. The summed E-state index contributed by atoms with van der Waals surface area (Å²) in [7, 11) is 0. The van der Waals surface area contributed by atoms with Crippen molar-refractivity contribution in [1.82, 2.24) is 10.3 Å². The molecule has 7 heteroatoms. The number of benzene rings is 1. The van der Waals surface area contributed by atoms with Crippen molar-refractivity contribution in [3.63, 3.8) is 0 Å². The molecule has 3 rings (SSSR count). The topological polar surface area (TPSA) is 83.6 Å². The molecule has 0 saturated carbocycles. The molecular weight excluding hydrogens is 380 g/mol. The first-order valence-electron chi connectivity index (χ1n) is 10.4. The molecule has 2 aromatic rings. The highest BCUT2D eigenvalue weighted by Crippen LogP contribution is 2.26. The molecule has 2 heterocycles. The number of amides is 2. The van der Waals surface area contributed by atoms with Crippen molar-refractivity contribution in [3.05, 3.63) is 54.2 Å². The summed E-state index contributed by atoms with van der Waals surface area (Å²) >= 11 is 0. The van der Waals surface area contributed by atoms with Crippen LogP contribution in [0.4, 0.5) is 16.3 Å². The van der Waals surface area contributed by atoms with E-state index in [1.54, 1.807) is 12.3 Å². The third-order valence-electron chi connectivity index (χ3n) is 4.72. The molecule has 1 aromatic heterocycles. The minimum absolute atomic E-state index is 0.342. The van der Waals surface area contributed by atoms with E-state index in [0.29, 0.717) is 12.1 Å². The summed E-state index contributed by atoms with van der Waals surface area (Å²) in [6, 6.07) is 11.9. The Morgan fingerprint density at radius 2 is 1.80 bits per heavy atom. The van der Waals surface area contributed by atoms with Gasteiger partial charge in [0, 0.05) is 25.7 Å². The summed E-state index contributed by atoms with van der Waals surface area (Å²) < 4.78 is 5.53. The molecule has 1 saturated heterocycles. The van der Waals surface area contributed by atoms with Gasteiger partial charge in [0.15, 0.2) is 5.82 Å². The van der Waals surface area contributed by atoms with E-state index in [9.17, 15) is 9.59 Å². The number of carbonyl (C=O) groups is 2. The molecule has 0 bridgehead atoms. The van der Waals surface area contributed by atoms with Crippen LogP contribution in [0.15, 0.2) is 48.7 Å².